The maximum Gasteiger partial charge on any atom is 0.237 e. The van der Waals surface area contributed by atoms with E-state index in [1.807, 2.05) is 0 Å². The molecule has 0 radical (unpaired) electrons. The SMILES string of the molecule is CCCCCCCCCCCCCCN(C(=O)CCCCCCCCCCC)[C@@H]1O[C@H](CO)[C@@H](O)[C@H](O)[C@H]1NC(=O)[C@@H](N)CCC(N)=O. The van der Waals surface area contributed by atoms with Crippen LogP contribution in [0, 0.1) is 0 Å². The minimum absolute atomic E-state index is 0.0113. The van der Waals surface area contributed by atoms with E-state index in [4.69, 9.17) is 16.2 Å². The Morgan fingerprint density at radius 2 is 1.17 bits per heavy atom. The van der Waals surface area contributed by atoms with Crippen molar-refractivity contribution in [1.82, 2.24) is 10.2 Å². The maximum absolute atomic E-state index is 13.8. The van der Waals surface area contributed by atoms with Crippen molar-refractivity contribution in [3.8, 4) is 0 Å². The number of unbranched alkanes of at least 4 members (excludes halogenated alkanes) is 19. The summed E-state index contributed by atoms with van der Waals surface area (Å²) < 4.78 is 6.06. The fourth-order valence-corrected chi connectivity index (χ4v) is 6.47. The van der Waals surface area contributed by atoms with Gasteiger partial charge in [-0.15, -0.1) is 0 Å². The third-order valence-electron chi connectivity index (χ3n) is 9.62. The number of nitrogens with two attached hydrogens (primary N) is 2. The molecule has 0 unspecified atom stereocenters. The van der Waals surface area contributed by atoms with E-state index in [1.165, 1.54) is 83.5 Å². The molecule has 3 amide bonds. The third kappa shape index (κ3) is 18.8. The van der Waals surface area contributed by atoms with Gasteiger partial charge >= 0.3 is 0 Å². The van der Waals surface area contributed by atoms with Gasteiger partial charge in [0.2, 0.25) is 17.7 Å². The second-order valence-electron chi connectivity index (χ2n) is 13.9. The summed E-state index contributed by atoms with van der Waals surface area (Å²) in [5.41, 5.74) is 11.2. The number of aliphatic hydroxyl groups is 3. The van der Waals surface area contributed by atoms with Crippen molar-refractivity contribution in [2.45, 2.75) is 205 Å². The number of carbonyl (C=O) groups is 3. The summed E-state index contributed by atoms with van der Waals surface area (Å²) in [6.45, 7) is 4.24. The molecular weight excluding hydrogens is 612 g/mol. The van der Waals surface area contributed by atoms with Gasteiger partial charge < -0.3 is 41.7 Å². The predicted octanol–water partition coefficient (Wildman–Crippen LogP) is 4.95. The number of aliphatic hydroxyl groups excluding tert-OH is 3. The Morgan fingerprint density at radius 3 is 1.62 bits per heavy atom. The lowest BCUT2D eigenvalue weighted by molar-refractivity contribution is -0.231. The van der Waals surface area contributed by atoms with E-state index in [9.17, 15) is 29.7 Å². The van der Waals surface area contributed by atoms with E-state index in [2.05, 4.69) is 19.2 Å². The maximum atomic E-state index is 13.8. The molecule has 0 aromatic rings. The molecule has 0 aromatic carbocycles. The highest BCUT2D eigenvalue weighted by Crippen LogP contribution is 2.26. The van der Waals surface area contributed by atoms with Crippen molar-refractivity contribution in [1.29, 1.82) is 0 Å². The van der Waals surface area contributed by atoms with Gasteiger partial charge in [0.05, 0.1) is 12.6 Å². The molecule has 1 heterocycles. The van der Waals surface area contributed by atoms with Gasteiger partial charge in [-0.1, -0.05) is 136 Å². The molecule has 11 nitrogen and oxygen atoms in total. The lowest BCUT2D eigenvalue weighted by atomic mass is 9.94. The largest absolute Gasteiger partial charge is 0.394 e. The number of amides is 3. The summed E-state index contributed by atoms with van der Waals surface area (Å²) in [6.07, 6.45) is 19.2. The summed E-state index contributed by atoms with van der Waals surface area (Å²) >= 11 is 0. The van der Waals surface area contributed by atoms with E-state index in [0.717, 1.165) is 51.4 Å². The first-order valence-electron chi connectivity index (χ1n) is 19.4. The highest BCUT2D eigenvalue weighted by Gasteiger charge is 2.48. The number of hydrogen-bond acceptors (Lipinski definition) is 8. The van der Waals surface area contributed by atoms with E-state index in [1.54, 1.807) is 4.90 Å². The molecule has 1 fully saturated rings. The molecule has 11 heteroatoms. The topological polar surface area (TPSA) is 188 Å². The lowest BCUT2D eigenvalue weighted by Crippen LogP contribution is -2.69. The number of hydrogen-bond donors (Lipinski definition) is 6. The van der Waals surface area contributed by atoms with Gasteiger partial charge in [-0.2, -0.15) is 0 Å². The highest BCUT2D eigenvalue weighted by molar-refractivity contribution is 5.83. The molecule has 0 aromatic heterocycles. The van der Waals surface area contributed by atoms with Crippen molar-refractivity contribution in [3.05, 3.63) is 0 Å². The number of rotatable bonds is 30. The molecule has 1 aliphatic heterocycles. The fraction of sp³-hybridized carbons (Fsp3) is 0.919. The van der Waals surface area contributed by atoms with E-state index in [-0.39, 0.29) is 18.7 Å². The first-order valence-corrected chi connectivity index (χ1v) is 19.4. The Bertz CT molecular complexity index is 849. The zero-order valence-electron chi connectivity index (χ0n) is 30.4. The molecule has 0 bridgehead atoms. The van der Waals surface area contributed by atoms with Crippen LogP contribution in [0.4, 0.5) is 0 Å². The van der Waals surface area contributed by atoms with Crippen LogP contribution in [0.3, 0.4) is 0 Å². The van der Waals surface area contributed by atoms with Crippen molar-refractivity contribution < 1.29 is 34.4 Å². The van der Waals surface area contributed by atoms with Crippen molar-refractivity contribution in [3.63, 3.8) is 0 Å². The Labute approximate surface area is 291 Å². The molecule has 0 aliphatic carbocycles. The van der Waals surface area contributed by atoms with Crippen LogP contribution in [0.15, 0.2) is 0 Å². The van der Waals surface area contributed by atoms with Crippen LogP contribution in [0.1, 0.15) is 168 Å². The minimum atomic E-state index is -1.52. The number of nitrogens with zero attached hydrogens (tertiary/aromatic N) is 1. The van der Waals surface area contributed by atoms with Gasteiger partial charge in [0.1, 0.15) is 24.4 Å². The number of primary amides is 1. The Hall–Kier alpha value is -1.79. The van der Waals surface area contributed by atoms with Crippen LogP contribution in [-0.2, 0) is 19.1 Å². The first kappa shape index (κ1) is 44.2. The van der Waals surface area contributed by atoms with E-state index < -0.39 is 55.0 Å². The summed E-state index contributed by atoms with van der Waals surface area (Å²) in [6, 6.07) is -2.26. The Kier molecular flexibility index (Phi) is 25.8. The molecule has 8 N–H and O–H groups in total. The number of carbonyl (C=O) groups excluding carboxylic acids is 3. The van der Waals surface area contributed by atoms with Crippen LogP contribution in [0.2, 0.25) is 0 Å². The Balaban J connectivity index is 2.86. The van der Waals surface area contributed by atoms with Gasteiger partial charge in [-0.25, -0.2) is 0 Å². The fourth-order valence-electron chi connectivity index (χ4n) is 6.47. The molecule has 1 saturated heterocycles. The van der Waals surface area contributed by atoms with Crippen molar-refractivity contribution >= 4 is 17.7 Å². The average molecular weight is 685 g/mol. The van der Waals surface area contributed by atoms with Crippen molar-refractivity contribution in [2.75, 3.05) is 13.2 Å². The van der Waals surface area contributed by atoms with Crippen LogP contribution >= 0.6 is 0 Å². The smallest absolute Gasteiger partial charge is 0.237 e. The summed E-state index contributed by atoms with van der Waals surface area (Å²) in [4.78, 5) is 39.6. The molecule has 1 aliphatic rings. The molecule has 1 rings (SSSR count). The van der Waals surface area contributed by atoms with Crippen LogP contribution in [-0.4, -0.2) is 87.7 Å². The number of nitrogens with one attached hydrogen (secondary N) is 1. The Morgan fingerprint density at radius 1 is 0.708 bits per heavy atom. The highest BCUT2D eigenvalue weighted by atomic mass is 16.5. The first-order chi connectivity index (χ1) is 23.2. The van der Waals surface area contributed by atoms with Gasteiger partial charge in [0, 0.05) is 19.4 Å². The second-order valence-corrected chi connectivity index (χ2v) is 13.9. The van der Waals surface area contributed by atoms with E-state index >= 15 is 0 Å². The second kappa shape index (κ2) is 28.0. The molecule has 48 heavy (non-hydrogen) atoms. The summed E-state index contributed by atoms with van der Waals surface area (Å²) in [5.74, 6) is -1.39. The molecule has 0 saturated carbocycles. The van der Waals surface area contributed by atoms with Gasteiger partial charge in [-0.05, 0) is 19.3 Å². The van der Waals surface area contributed by atoms with Crippen molar-refractivity contribution in [2.24, 2.45) is 11.5 Å². The van der Waals surface area contributed by atoms with Crippen LogP contribution in [0.25, 0.3) is 0 Å². The predicted molar refractivity (Wildman–Crippen MR) is 191 cm³/mol. The monoisotopic (exact) mass is 685 g/mol. The van der Waals surface area contributed by atoms with E-state index in [0.29, 0.717) is 13.0 Å². The summed E-state index contributed by atoms with van der Waals surface area (Å²) in [7, 11) is 0. The lowest BCUT2D eigenvalue weighted by Gasteiger charge is -2.47. The van der Waals surface area contributed by atoms with Crippen LogP contribution < -0.4 is 16.8 Å². The molecule has 6 atom stereocenters. The molecule has 282 valence electrons. The standard InChI is InChI=1S/C37H72N4O7/c1-3-5-7-9-11-13-14-15-17-19-21-23-27-41(32(44)24-22-20-18-16-12-10-8-6-4-2)37-33(35(46)34(45)30(28-42)48-37)40-36(47)29(38)25-26-31(39)43/h29-30,33-35,37,42,45-46H,3-28,38H2,1-2H3,(H2,39,43)(H,40,47)/t29-,30+,33+,34+,35+,37+/m0/s1. The van der Waals surface area contributed by atoms with Crippen LogP contribution in [0.5, 0.6) is 0 Å². The zero-order valence-corrected chi connectivity index (χ0v) is 30.4. The quantitative estimate of drug-likeness (QED) is 0.0573. The van der Waals surface area contributed by atoms with Gasteiger partial charge in [0.15, 0.2) is 6.23 Å². The molecular formula is C37H72N4O7. The third-order valence-corrected chi connectivity index (χ3v) is 9.62. The summed E-state index contributed by atoms with van der Waals surface area (Å²) in [5, 5.41) is 34.4. The van der Waals surface area contributed by atoms with Gasteiger partial charge in [0.25, 0.3) is 0 Å². The number of ether oxygens (including phenoxy) is 1. The molecule has 0 spiro atoms. The minimum Gasteiger partial charge on any atom is -0.394 e. The zero-order chi connectivity index (χ0) is 35.6. The van der Waals surface area contributed by atoms with Gasteiger partial charge in [-0.3, -0.25) is 14.4 Å². The average Bonchev–Trinajstić information content (AvgIpc) is 3.07. The normalized spacial score (nSPS) is 21.6.